The Balaban J connectivity index is 4.26. The first-order chi connectivity index (χ1) is 11.5. The van der Waals surface area contributed by atoms with Gasteiger partial charge in [0, 0.05) is 0 Å². The molecule has 144 valence electrons. The summed E-state index contributed by atoms with van der Waals surface area (Å²) in [7, 11) is 0. The molecule has 0 saturated heterocycles. The molecular formula is C25H44. The van der Waals surface area contributed by atoms with Crippen LogP contribution in [0.4, 0.5) is 0 Å². The van der Waals surface area contributed by atoms with Gasteiger partial charge in [-0.15, -0.1) is 0 Å². The molecule has 0 fully saturated rings. The molecule has 0 amide bonds. The zero-order chi connectivity index (χ0) is 19.5. The third-order valence-electron chi connectivity index (χ3n) is 4.76. The molecule has 0 aliphatic carbocycles. The fraction of sp³-hybridized carbons (Fsp3) is 0.680. The smallest absolute Gasteiger partial charge is 0.0200 e. The molecule has 0 nitrogen and oxygen atoms in total. The van der Waals surface area contributed by atoms with Gasteiger partial charge in [-0.25, -0.2) is 0 Å². The van der Waals surface area contributed by atoms with E-state index in [1.165, 1.54) is 60.8 Å². The first-order valence-electron chi connectivity index (χ1n) is 10.1. The SMILES string of the molecule is CC(C)=CCC/C(C)=C/CC/C(C)=C/CC(C)C(C)=CCC(C)(C)C. The number of hydrogen-bond acceptors (Lipinski definition) is 0. The molecule has 0 spiro atoms. The van der Waals surface area contributed by atoms with E-state index >= 15 is 0 Å². The summed E-state index contributed by atoms with van der Waals surface area (Å²) in [5.41, 5.74) is 6.41. The highest BCUT2D eigenvalue weighted by molar-refractivity contribution is 5.09. The molecule has 0 aliphatic rings. The van der Waals surface area contributed by atoms with Crippen LogP contribution in [0.1, 0.15) is 101 Å². The third-order valence-corrected chi connectivity index (χ3v) is 4.76. The van der Waals surface area contributed by atoms with Gasteiger partial charge in [0.05, 0.1) is 0 Å². The summed E-state index contributed by atoms with van der Waals surface area (Å²) in [5, 5.41) is 0. The number of allylic oxidation sites excluding steroid dienone is 8. The molecule has 0 bridgehead atoms. The standard InChI is InChI=1S/C25H44/c1-20(2)12-10-13-21(3)14-11-15-22(4)16-17-23(5)24(6)18-19-25(7,8)9/h12,14,16,18,23H,10-11,13,15,17,19H2,1-9H3/b21-14+,22-16+,24-18?. The summed E-state index contributed by atoms with van der Waals surface area (Å²) in [5.74, 6) is 0.652. The molecule has 0 heteroatoms. The number of hydrogen-bond donors (Lipinski definition) is 0. The Morgan fingerprint density at radius 3 is 1.80 bits per heavy atom. The van der Waals surface area contributed by atoms with Crippen LogP contribution in [0.25, 0.3) is 0 Å². The van der Waals surface area contributed by atoms with Crippen molar-refractivity contribution in [3.05, 3.63) is 46.6 Å². The molecule has 1 atom stereocenters. The molecule has 0 heterocycles. The lowest BCUT2D eigenvalue weighted by atomic mass is 9.88. The molecule has 0 rings (SSSR count). The van der Waals surface area contributed by atoms with Gasteiger partial charge in [-0.1, -0.05) is 74.3 Å². The van der Waals surface area contributed by atoms with Crippen LogP contribution < -0.4 is 0 Å². The maximum absolute atomic E-state index is 2.45. The molecule has 1 unspecified atom stereocenters. The summed E-state index contributed by atoms with van der Waals surface area (Å²) in [4.78, 5) is 0. The Bertz CT molecular complexity index is 485. The van der Waals surface area contributed by atoms with Crippen molar-refractivity contribution in [1.82, 2.24) is 0 Å². The third kappa shape index (κ3) is 15.0. The van der Waals surface area contributed by atoms with Gasteiger partial charge >= 0.3 is 0 Å². The van der Waals surface area contributed by atoms with Crippen LogP contribution in [0.15, 0.2) is 46.6 Å². The van der Waals surface area contributed by atoms with Gasteiger partial charge in [0.1, 0.15) is 0 Å². The van der Waals surface area contributed by atoms with Gasteiger partial charge in [-0.2, -0.15) is 0 Å². The quantitative estimate of drug-likeness (QED) is 0.347. The van der Waals surface area contributed by atoms with E-state index in [9.17, 15) is 0 Å². The average Bonchev–Trinajstić information content (AvgIpc) is 2.49. The molecular weight excluding hydrogens is 300 g/mol. The largest absolute Gasteiger partial charge is 0.0856 e. The van der Waals surface area contributed by atoms with Crippen LogP contribution in [0.5, 0.6) is 0 Å². The second-order valence-electron chi connectivity index (χ2n) is 9.31. The Kier molecular flexibility index (Phi) is 11.8. The van der Waals surface area contributed by atoms with E-state index in [-0.39, 0.29) is 0 Å². The van der Waals surface area contributed by atoms with Crippen molar-refractivity contribution >= 4 is 0 Å². The Labute approximate surface area is 159 Å². The summed E-state index contributed by atoms with van der Waals surface area (Å²) in [6, 6.07) is 0. The number of rotatable bonds is 10. The van der Waals surface area contributed by atoms with Gasteiger partial charge in [0.2, 0.25) is 0 Å². The first kappa shape index (κ1) is 24.0. The Morgan fingerprint density at radius 1 is 0.760 bits per heavy atom. The van der Waals surface area contributed by atoms with Crippen LogP contribution in [-0.4, -0.2) is 0 Å². The van der Waals surface area contributed by atoms with Crippen LogP contribution in [0.3, 0.4) is 0 Å². The molecule has 0 aliphatic heterocycles. The van der Waals surface area contributed by atoms with Crippen molar-refractivity contribution in [1.29, 1.82) is 0 Å². The minimum Gasteiger partial charge on any atom is -0.0856 e. The van der Waals surface area contributed by atoms with Crippen molar-refractivity contribution in [2.24, 2.45) is 11.3 Å². The molecule has 0 saturated carbocycles. The molecule has 0 aromatic rings. The second kappa shape index (κ2) is 12.3. The van der Waals surface area contributed by atoms with E-state index in [1.807, 2.05) is 0 Å². The summed E-state index contributed by atoms with van der Waals surface area (Å²) in [6.07, 6.45) is 16.7. The van der Waals surface area contributed by atoms with Gasteiger partial charge in [0.15, 0.2) is 0 Å². The highest BCUT2D eigenvalue weighted by atomic mass is 14.1. The van der Waals surface area contributed by atoms with Crippen molar-refractivity contribution < 1.29 is 0 Å². The van der Waals surface area contributed by atoms with Gasteiger partial charge in [0.25, 0.3) is 0 Å². The maximum Gasteiger partial charge on any atom is -0.0200 e. The highest BCUT2D eigenvalue weighted by Gasteiger charge is 2.09. The molecule has 0 aromatic heterocycles. The van der Waals surface area contributed by atoms with E-state index in [1.54, 1.807) is 0 Å². The predicted octanol–water partition coefficient (Wildman–Crippen LogP) is 8.81. The van der Waals surface area contributed by atoms with Gasteiger partial charge < -0.3 is 0 Å². The topological polar surface area (TPSA) is 0 Å². The van der Waals surface area contributed by atoms with Crippen molar-refractivity contribution in [3.63, 3.8) is 0 Å². The molecule has 0 radical (unpaired) electrons. The summed E-state index contributed by atoms with van der Waals surface area (Å²) < 4.78 is 0. The van der Waals surface area contributed by atoms with Crippen molar-refractivity contribution in [2.45, 2.75) is 101 Å². The van der Waals surface area contributed by atoms with Gasteiger partial charge in [-0.05, 0) is 84.5 Å². The minimum atomic E-state index is 0.391. The van der Waals surface area contributed by atoms with Crippen LogP contribution in [-0.2, 0) is 0 Å². The fourth-order valence-electron chi connectivity index (χ4n) is 2.57. The fourth-order valence-corrected chi connectivity index (χ4v) is 2.57. The summed E-state index contributed by atoms with van der Waals surface area (Å²) in [6.45, 7) is 20.5. The van der Waals surface area contributed by atoms with Crippen LogP contribution in [0, 0.1) is 11.3 Å². The van der Waals surface area contributed by atoms with E-state index in [0.29, 0.717) is 11.3 Å². The maximum atomic E-state index is 2.45. The normalized spacial score (nSPS) is 15.3. The van der Waals surface area contributed by atoms with Crippen LogP contribution >= 0.6 is 0 Å². The molecule has 0 aromatic carbocycles. The van der Waals surface area contributed by atoms with E-state index < -0.39 is 0 Å². The zero-order valence-electron chi connectivity index (χ0n) is 18.6. The second-order valence-corrected chi connectivity index (χ2v) is 9.31. The zero-order valence-corrected chi connectivity index (χ0v) is 18.6. The van der Waals surface area contributed by atoms with Crippen molar-refractivity contribution in [2.75, 3.05) is 0 Å². The molecule has 25 heavy (non-hydrogen) atoms. The minimum absolute atomic E-state index is 0.391. The lowest BCUT2D eigenvalue weighted by Crippen LogP contribution is -2.04. The molecule has 0 N–H and O–H groups in total. The lowest BCUT2D eigenvalue weighted by molar-refractivity contribution is 0.418. The van der Waals surface area contributed by atoms with Gasteiger partial charge in [-0.3, -0.25) is 0 Å². The van der Waals surface area contributed by atoms with E-state index in [4.69, 9.17) is 0 Å². The lowest BCUT2D eigenvalue weighted by Gasteiger charge is -2.17. The van der Waals surface area contributed by atoms with Crippen LogP contribution in [0.2, 0.25) is 0 Å². The average molecular weight is 345 g/mol. The predicted molar refractivity (Wildman–Crippen MR) is 117 cm³/mol. The van der Waals surface area contributed by atoms with E-state index in [0.717, 1.165) is 0 Å². The Morgan fingerprint density at radius 2 is 1.28 bits per heavy atom. The first-order valence-corrected chi connectivity index (χ1v) is 10.1. The van der Waals surface area contributed by atoms with Crippen molar-refractivity contribution in [3.8, 4) is 0 Å². The van der Waals surface area contributed by atoms with E-state index in [2.05, 4.69) is 86.6 Å². The monoisotopic (exact) mass is 344 g/mol. The summed E-state index contributed by atoms with van der Waals surface area (Å²) >= 11 is 0. The highest BCUT2D eigenvalue weighted by Crippen LogP contribution is 2.23. The Hall–Kier alpha value is -1.04.